The summed E-state index contributed by atoms with van der Waals surface area (Å²) < 4.78 is 5.32. The molecular formula is C16H23NO. The lowest BCUT2D eigenvalue weighted by molar-refractivity contribution is 0.382. The molecule has 1 aromatic carbocycles. The van der Waals surface area contributed by atoms with Crippen molar-refractivity contribution in [1.29, 1.82) is 0 Å². The zero-order valence-corrected chi connectivity index (χ0v) is 11.4. The number of hydrogen-bond acceptors (Lipinski definition) is 2. The van der Waals surface area contributed by atoms with Crippen molar-refractivity contribution in [3.63, 3.8) is 0 Å². The van der Waals surface area contributed by atoms with E-state index < -0.39 is 0 Å². The lowest BCUT2D eigenvalue weighted by atomic mass is 9.87. The average Bonchev–Trinajstić information content (AvgIpc) is 3.22. The van der Waals surface area contributed by atoms with Crippen LogP contribution in [-0.4, -0.2) is 13.2 Å². The molecule has 2 aliphatic rings. The Labute approximate surface area is 110 Å². The number of benzene rings is 1. The van der Waals surface area contributed by atoms with Crippen LogP contribution in [0.2, 0.25) is 0 Å². The van der Waals surface area contributed by atoms with Gasteiger partial charge in [-0.15, -0.1) is 0 Å². The fourth-order valence-electron chi connectivity index (χ4n) is 3.14. The van der Waals surface area contributed by atoms with Crippen LogP contribution in [0, 0.1) is 5.92 Å². The fraction of sp³-hybridized carbons (Fsp3) is 0.625. The number of nitrogens with one attached hydrogen (secondary N) is 1. The van der Waals surface area contributed by atoms with Crippen molar-refractivity contribution >= 4 is 0 Å². The number of methoxy groups -OCH3 is 1. The predicted octanol–water partition coefficient (Wildman–Crippen LogP) is 3.46. The molecule has 0 aromatic heterocycles. The topological polar surface area (TPSA) is 21.3 Å². The van der Waals surface area contributed by atoms with Crippen LogP contribution < -0.4 is 10.1 Å². The van der Waals surface area contributed by atoms with Crippen molar-refractivity contribution in [3.05, 3.63) is 29.3 Å². The second-order valence-corrected chi connectivity index (χ2v) is 5.80. The summed E-state index contributed by atoms with van der Waals surface area (Å²) in [6.07, 6.45) is 6.58. The summed E-state index contributed by atoms with van der Waals surface area (Å²) in [4.78, 5) is 0. The van der Waals surface area contributed by atoms with Gasteiger partial charge in [0.25, 0.3) is 0 Å². The SMILES string of the molecule is COc1ccc2c(c1)CCCC2NC(C)C1CC1. The minimum atomic E-state index is 0.551. The summed E-state index contributed by atoms with van der Waals surface area (Å²) in [6, 6.07) is 7.79. The van der Waals surface area contributed by atoms with Crippen LogP contribution in [0.25, 0.3) is 0 Å². The largest absolute Gasteiger partial charge is 0.497 e. The van der Waals surface area contributed by atoms with Gasteiger partial charge in [0.05, 0.1) is 7.11 Å². The third-order valence-corrected chi connectivity index (χ3v) is 4.46. The van der Waals surface area contributed by atoms with E-state index in [0.717, 1.165) is 11.7 Å². The van der Waals surface area contributed by atoms with Crippen LogP contribution in [0.4, 0.5) is 0 Å². The van der Waals surface area contributed by atoms with Crippen molar-refractivity contribution < 1.29 is 4.74 Å². The molecule has 2 unspecified atom stereocenters. The molecule has 0 amide bonds. The van der Waals surface area contributed by atoms with Crippen LogP contribution in [0.15, 0.2) is 18.2 Å². The minimum Gasteiger partial charge on any atom is -0.497 e. The van der Waals surface area contributed by atoms with E-state index in [9.17, 15) is 0 Å². The number of fused-ring (bicyclic) bond motifs is 1. The Bertz CT molecular complexity index is 425. The molecule has 98 valence electrons. The van der Waals surface area contributed by atoms with Crippen LogP contribution in [0.5, 0.6) is 5.75 Å². The Morgan fingerprint density at radius 3 is 2.83 bits per heavy atom. The van der Waals surface area contributed by atoms with E-state index >= 15 is 0 Å². The van der Waals surface area contributed by atoms with E-state index in [1.54, 1.807) is 7.11 Å². The molecule has 0 radical (unpaired) electrons. The molecule has 1 N–H and O–H groups in total. The third kappa shape index (κ3) is 2.39. The average molecular weight is 245 g/mol. The highest BCUT2D eigenvalue weighted by atomic mass is 16.5. The quantitative estimate of drug-likeness (QED) is 0.877. The van der Waals surface area contributed by atoms with E-state index in [0.29, 0.717) is 12.1 Å². The van der Waals surface area contributed by atoms with Crippen LogP contribution in [0.1, 0.15) is 49.8 Å². The normalized spacial score (nSPS) is 24.4. The molecule has 0 heterocycles. The number of aryl methyl sites for hydroxylation is 1. The molecule has 2 heteroatoms. The van der Waals surface area contributed by atoms with Crippen LogP contribution >= 0.6 is 0 Å². The third-order valence-electron chi connectivity index (χ3n) is 4.46. The molecule has 2 aliphatic carbocycles. The second kappa shape index (κ2) is 4.93. The van der Waals surface area contributed by atoms with Gasteiger partial charge in [0, 0.05) is 12.1 Å². The van der Waals surface area contributed by atoms with Gasteiger partial charge in [-0.1, -0.05) is 6.07 Å². The molecule has 0 saturated heterocycles. The lowest BCUT2D eigenvalue weighted by Crippen LogP contribution is -2.34. The number of rotatable bonds is 4. The zero-order valence-electron chi connectivity index (χ0n) is 11.4. The van der Waals surface area contributed by atoms with E-state index in [1.165, 1.54) is 43.2 Å². The van der Waals surface area contributed by atoms with E-state index in [4.69, 9.17) is 4.74 Å². The Morgan fingerprint density at radius 1 is 1.28 bits per heavy atom. The van der Waals surface area contributed by atoms with Gasteiger partial charge >= 0.3 is 0 Å². The molecule has 1 saturated carbocycles. The van der Waals surface area contributed by atoms with Gasteiger partial charge < -0.3 is 10.1 Å². The maximum Gasteiger partial charge on any atom is 0.119 e. The molecule has 3 rings (SSSR count). The van der Waals surface area contributed by atoms with Gasteiger partial charge in [-0.3, -0.25) is 0 Å². The Kier molecular flexibility index (Phi) is 3.29. The molecular weight excluding hydrogens is 222 g/mol. The summed E-state index contributed by atoms with van der Waals surface area (Å²) in [5.41, 5.74) is 2.97. The summed E-state index contributed by atoms with van der Waals surface area (Å²) in [7, 11) is 1.75. The summed E-state index contributed by atoms with van der Waals surface area (Å²) in [5.74, 6) is 1.92. The summed E-state index contributed by atoms with van der Waals surface area (Å²) in [5, 5.41) is 3.83. The highest BCUT2D eigenvalue weighted by Gasteiger charge is 2.30. The van der Waals surface area contributed by atoms with Crippen molar-refractivity contribution in [3.8, 4) is 5.75 Å². The van der Waals surface area contributed by atoms with Crippen molar-refractivity contribution in [2.45, 2.75) is 51.1 Å². The van der Waals surface area contributed by atoms with Crippen LogP contribution in [0.3, 0.4) is 0 Å². The van der Waals surface area contributed by atoms with Crippen molar-refractivity contribution in [2.24, 2.45) is 5.92 Å². The highest BCUT2D eigenvalue weighted by Crippen LogP contribution is 2.36. The number of ether oxygens (including phenoxy) is 1. The summed E-state index contributed by atoms with van der Waals surface area (Å²) >= 11 is 0. The molecule has 0 bridgehead atoms. The minimum absolute atomic E-state index is 0.551. The van der Waals surface area contributed by atoms with Crippen molar-refractivity contribution in [2.75, 3.05) is 7.11 Å². The first-order valence-electron chi connectivity index (χ1n) is 7.21. The Hall–Kier alpha value is -1.02. The zero-order chi connectivity index (χ0) is 12.5. The first-order chi connectivity index (χ1) is 8.78. The van der Waals surface area contributed by atoms with Gasteiger partial charge in [0.15, 0.2) is 0 Å². The lowest BCUT2D eigenvalue weighted by Gasteiger charge is -2.29. The highest BCUT2D eigenvalue weighted by molar-refractivity contribution is 5.39. The molecule has 0 spiro atoms. The van der Waals surface area contributed by atoms with Crippen molar-refractivity contribution in [1.82, 2.24) is 5.32 Å². The first-order valence-corrected chi connectivity index (χ1v) is 7.21. The fourth-order valence-corrected chi connectivity index (χ4v) is 3.14. The monoisotopic (exact) mass is 245 g/mol. The van der Waals surface area contributed by atoms with Gasteiger partial charge in [-0.25, -0.2) is 0 Å². The van der Waals surface area contributed by atoms with Crippen LogP contribution in [-0.2, 0) is 6.42 Å². The maximum absolute atomic E-state index is 5.32. The van der Waals surface area contributed by atoms with Gasteiger partial charge in [0.2, 0.25) is 0 Å². The molecule has 0 aliphatic heterocycles. The second-order valence-electron chi connectivity index (χ2n) is 5.80. The standard InChI is InChI=1S/C16H23NO/c1-11(12-6-7-12)17-16-5-3-4-13-10-14(18-2)8-9-15(13)16/h8-12,16-17H,3-7H2,1-2H3. The van der Waals surface area contributed by atoms with E-state index in [-0.39, 0.29) is 0 Å². The van der Waals surface area contributed by atoms with E-state index in [2.05, 4.69) is 30.4 Å². The maximum atomic E-state index is 5.32. The molecule has 18 heavy (non-hydrogen) atoms. The van der Waals surface area contributed by atoms with Gasteiger partial charge in [-0.05, 0) is 68.2 Å². The number of hydrogen-bond donors (Lipinski definition) is 1. The smallest absolute Gasteiger partial charge is 0.119 e. The molecule has 1 fully saturated rings. The van der Waals surface area contributed by atoms with E-state index in [1.807, 2.05) is 0 Å². The predicted molar refractivity (Wildman–Crippen MR) is 74.0 cm³/mol. The summed E-state index contributed by atoms with van der Waals surface area (Å²) in [6.45, 7) is 2.34. The molecule has 2 nitrogen and oxygen atoms in total. The Morgan fingerprint density at radius 2 is 2.11 bits per heavy atom. The van der Waals surface area contributed by atoms with Gasteiger partial charge in [-0.2, -0.15) is 0 Å². The molecule has 2 atom stereocenters. The molecule has 1 aromatic rings. The van der Waals surface area contributed by atoms with Gasteiger partial charge in [0.1, 0.15) is 5.75 Å². The first kappa shape index (κ1) is 12.0. The Balaban J connectivity index is 1.78.